The summed E-state index contributed by atoms with van der Waals surface area (Å²) in [6, 6.07) is 10.8. The highest BCUT2D eigenvalue weighted by atomic mass is 32.2. The summed E-state index contributed by atoms with van der Waals surface area (Å²) >= 11 is 0. The molecule has 2 aromatic carbocycles. The van der Waals surface area contributed by atoms with E-state index >= 15 is 0 Å². The van der Waals surface area contributed by atoms with Gasteiger partial charge in [-0.25, -0.2) is 8.42 Å². The Hall–Kier alpha value is -2.34. The standard InChI is InChI=1S/C24H34N2O3S/c1-8-22(21-11-10-16(3)13-19(21)6)25-24(27)23(9-2)26(30(7,28)29)20-14-17(4)12-18(5)15-20/h10-15,22-23H,8-9H2,1-7H3,(H,25,27). The fraction of sp³-hybridized carbons (Fsp3) is 0.458. The molecule has 1 N–H and O–H groups in total. The van der Waals surface area contributed by atoms with Crippen molar-refractivity contribution in [3.8, 4) is 0 Å². The normalized spacial score (nSPS) is 13.6. The van der Waals surface area contributed by atoms with Crippen LogP contribution in [-0.4, -0.2) is 26.6 Å². The number of amides is 1. The van der Waals surface area contributed by atoms with Gasteiger partial charge in [0.15, 0.2) is 0 Å². The molecule has 5 nitrogen and oxygen atoms in total. The van der Waals surface area contributed by atoms with Gasteiger partial charge in [0, 0.05) is 0 Å². The Morgan fingerprint density at radius 3 is 2.00 bits per heavy atom. The number of aryl methyl sites for hydroxylation is 4. The minimum atomic E-state index is -3.66. The number of sulfonamides is 1. The van der Waals surface area contributed by atoms with E-state index in [2.05, 4.69) is 11.4 Å². The molecule has 2 unspecified atom stereocenters. The molecular formula is C24H34N2O3S. The summed E-state index contributed by atoms with van der Waals surface area (Å²) in [5, 5.41) is 3.10. The second-order valence-corrected chi connectivity index (χ2v) is 10.0. The van der Waals surface area contributed by atoms with Gasteiger partial charge in [0.1, 0.15) is 6.04 Å². The summed E-state index contributed by atoms with van der Waals surface area (Å²) in [6.45, 7) is 11.8. The van der Waals surface area contributed by atoms with Crippen molar-refractivity contribution in [2.75, 3.05) is 10.6 Å². The van der Waals surface area contributed by atoms with Crippen molar-refractivity contribution in [1.82, 2.24) is 5.32 Å². The van der Waals surface area contributed by atoms with Crippen molar-refractivity contribution in [3.05, 3.63) is 64.2 Å². The molecular weight excluding hydrogens is 396 g/mol. The molecule has 30 heavy (non-hydrogen) atoms. The summed E-state index contributed by atoms with van der Waals surface area (Å²) in [5.41, 5.74) is 5.78. The first-order valence-electron chi connectivity index (χ1n) is 10.4. The number of carbonyl (C=O) groups is 1. The van der Waals surface area contributed by atoms with Gasteiger partial charge in [-0.05, 0) is 74.9 Å². The lowest BCUT2D eigenvalue weighted by atomic mass is 9.97. The van der Waals surface area contributed by atoms with Crippen LogP contribution in [0.2, 0.25) is 0 Å². The predicted octanol–water partition coefficient (Wildman–Crippen LogP) is 4.73. The second-order valence-electron chi connectivity index (χ2n) is 8.16. The Morgan fingerprint density at radius 2 is 1.53 bits per heavy atom. The first-order chi connectivity index (χ1) is 14.0. The van der Waals surface area contributed by atoms with Crippen LogP contribution in [0.4, 0.5) is 5.69 Å². The van der Waals surface area contributed by atoms with Crippen LogP contribution in [0, 0.1) is 27.7 Å². The highest BCUT2D eigenvalue weighted by molar-refractivity contribution is 7.92. The van der Waals surface area contributed by atoms with E-state index in [-0.39, 0.29) is 11.9 Å². The van der Waals surface area contributed by atoms with Gasteiger partial charge in [0.2, 0.25) is 15.9 Å². The number of nitrogens with one attached hydrogen (secondary N) is 1. The van der Waals surface area contributed by atoms with Gasteiger partial charge in [-0.1, -0.05) is 43.7 Å². The second kappa shape index (κ2) is 9.65. The van der Waals surface area contributed by atoms with Gasteiger partial charge in [0.25, 0.3) is 0 Å². The van der Waals surface area contributed by atoms with E-state index in [1.165, 1.54) is 9.87 Å². The van der Waals surface area contributed by atoms with Crippen molar-refractivity contribution in [2.45, 2.75) is 66.5 Å². The molecule has 6 heteroatoms. The zero-order valence-corrected chi connectivity index (χ0v) is 19.9. The van der Waals surface area contributed by atoms with Crippen molar-refractivity contribution < 1.29 is 13.2 Å². The number of hydrogen-bond donors (Lipinski definition) is 1. The summed E-state index contributed by atoms with van der Waals surface area (Å²) in [6.07, 6.45) is 2.24. The molecule has 1 amide bonds. The van der Waals surface area contributed by atoms with Gasteiger partial charge in [-0.15, -0.1) is 0 Å². The van der Waals surface area contributed by atoms with Crippen LogP contribution in [-0.2, 0) is 14.8 Å². The molecule has 0 aliphatic heterocycles. The van der Waals surface area contributed by atoms with Gasteiger partial charge in [0.05, 0.1) is 18.0 Å². The van der Waals surface area contributed by atoms with E-state index in [0.717, 1.165) is 28.5 Å². The monoisotopic (exact) mass is 430 g/mol. The molecule has 2 rings (SSSR count). The predicted molar refractivity (Wildman–Crippen MR) is 124 cm³/mol. The van der Waals surface area contributed by atoms with Crippen LogP contribution < -0.4 is 9.62 Å². The van der Waals surface area contributed by atoms with E-state index in [9.17, 15) is 13.2 Å². The third-order valence-electron chi connectivity index (χ3n) is 5.32. The molecule has 0 fully saturated rings. The maximum Gasteiger partial charge on any atom is 0.244 e. The fourth-order valence-electron chi connectivity index (χ4n) is 4.02. The number of rotatable bonds is 8. The molecule has 0 aliphatic carbocycles. The lowest BCUT2D eigenvalue weighted by Crippen LogP contribution is -2.50. The molecule has 164 valence electrons. The lowest BCUT2D eigenvalue weighted by Gasteiger charge is -2.32. The summed E-state index contributed by atoms with van der Waals surface area (Å²) < 4.78 is 26.7. The first-order valence-corrected chi connectivity index (χ1v) is 12.3. The van der Waals surface area contributed by atoms with Crippen LogP contribution >= 0.6 is 0 Å². The van der Waals surface area contributed by atoms with E-state index in [1.807, 2.05) is 71.9 Å². The minimum absolute atomic E-state index is 0.173. The molecule has 0 bridgehead atoms. The molecule has 2 atom stereocenters. The van der Waals surface area contributed by atoms with Crippen molar-refractivity contribution in [3.63, 3.8) is 0 Å². The van der Waals surface area contributed by atoms with Crippen molar-refractivity contribution in [1.29, 1.82) is 0 Å². The maximum atomic E-state index is 13.3. The SMILES string of the molecule is CCC(NC(=O)C(CC)N(c1cc(C)cc(C)c1)S(C)(=O)=O)c1ccc(C)cc1C. The van der Waals surface area contributed by atoms with Crippen LogP contribution in [0.15, 0.2) is 36.4 Å². The Morgan fingerprint density at radius 1 is 0.933 bits per heavy atom. The Balaban J connectivity index is 2.42. The van der Waals surface area contributed by atoms with Crippen molar-refractivity contribution in [2.24, 2.45) is 0 Å². The van der Waals surface area contributed by atoms with Crippen LogP contribution in [0.5, 0.6) is 0 Å². The number of benzene rings is 2. The highest BCUT2D eigenvalue weighted by Crippen LogP contribution is 2.27. The minimum Gasteiger partial charge on any atom is -0.347 e. The molecule has 0 radical (unpaired) electrons. The van der Waals surface area contributed by atoms with Crippen molar-refractivity contribution >= 4 is 21.6 Å². The molecule has 0 saturated carbocycles. The van der Waals surface area contributed by atoms with Crippen LogP contribution in [0.3, 0.4) is 0 Å². The highest BCUT2D eigenvalue weighted by Gasteiger charge is 2.32. The third-order valence-corrected chi connectivity index (χ3v) is 6.50. The van der Waals surface area contributed by atoms with Gasteiger partial charge >= 0.3 is 0 Å². The smallest absolute Gasteiger partial charge is 0.244 e. The number of carbonyl (C=O) groups excluding carboxylic acids is 1. The van der Waals surface area contributed by atoms with Crippen LogP contribution in [0.1, 0.15) is 60.5 Å². The quantitative estimate of drug-likeness (QED) is 0.658. The third kappa shape index (κ3) is 5.63. The number of nitrogens with zero attached hydrogens (tertiary/aromatic N) is 1. The van der Waals surface area contributed by atoms with E-state index in [4.69, 9.17) is 0 Å². The summed E-state index contributed by atoms with van der Waals surface area (Å²) in [4.78, 5) is 13.3. The van der Waals surface area contributed by atoms with Gasteiger partial charge in [-0.3, -0.25) is 9.10 Å². The topological polar surface area (TPSA) is 66.5 Å². The zero-order valence-electron chi connectivity index (χ0n) is 19.1. The zero-order chi connectivity index (χ0) is 22.6. The molecule has 0 spiro atoms. The van der Waals surface area contributed by atoms with Gasteiger partial charge in [-0.2, -0.15) is 0 Å². The Kier molecular flexibility index (Phi) is 7.70. The largest absolute Gasteiger partial charge is 0.347 e. The molecule has 0 heterocycles. The average Bonchev–Trinajstić information content (AvgIpc) is 2.62. The van der Waals surface area contributed by atoms with E-state index in [1.54, 1.807) is 0 Å². The molecule has 0 aliphatic rings. The van der Waals surface area contributed by atoms with E-state index < -0.39 is 16.1 Å². The molecule has 2 aromatic rings. The number of hydrogen-bond acceptors (Lipinski definition) is 3. The Labute approximate surface area is 181 Å². The van der Waals surface area contributed by atoms with Crippen LogP contribution in [0.25, 0.3) is 0 Å². The Bertz CT molecular complexity index is 995. The lowest BCUT2D eigenvalue weighted by molar-refractivity contribution is -0.123. The number of anilines is 1. The first kappa shape index (κ1) is 23.9. The fourth-order valence-corrected chi connectivity index (χ4v) is 5.22. The molecule has 0 aromatic heterocycles. The summed E-state index contributed by atoms with van der Waals surface area (Å²) in [7, 11) is -3.66. The van der Waals surface area contributed by atoms with Gasteiger partial charge < -0.3 is 5.32 Å². The average molecular weight is 431 g/mol. The maximum absolute atomic E-state index is 13.3. The van der Waals surface area contributed by atoms with E-state index in [0.29, 0.717) is 18.5 Å². The molecule has 0 saturated heterocycles. The summed E-state index contributed by atoms with van der Waals surface area (Å²) in [5.74, 6) is -0.283.